The van der Waals surface area contributed by atoms with Gasteiger partial charge in [0, 0.05) is 0 Å². The molecule has 0 saturated carbocycles. The van der Waals surface area contributed by atoms with Crippen molar-refractivity contribution in [2.75, 3.05) is 18.5 Å². The predicted molar refractivity (Wildman–Crippen MR) is 75.0 cm³/mol. The molecule has 23 heavy (non-hydrogen) atoms. The second-order valence-corrected chi connectivity index (χ2v) is 5.14. The molecule has 6 N–H and O–H groups in total. The number of hydrogen-bond acceptors (Lipinski definition) is 10. The van der Waals surface area contributed by atoms with Gasteiger partial charge in [-0.25, -0.2) is 15.0 Å². The Balaban J connectivity index is 1.93. The minimum atomic E-state index is -1.55. The standard InChI is InChI=1S/C12H17N5O6/c18-2-5-8(21)9(22)12(23-5)17-4-16-7-10(13-1-6(19)20)14-3-15-11(7)17/h3-6,8-9,12,18-22H,1-2H2,(H,13,14,15)/t5-,8-,9-,12-/m1/s1. The van der Waals surface area contributed by atoms with E-state index in [1.165, 1.54) is 17.2 Å². The van der Waals surface area contributed by atoms with E-state index in [4.69, 9.17) is 20.1 Å². The molecule has 0 aromatic carbocycles. The number of anilines is 1. The zero-order valence-corrected chi connectivity index (χ0v) is 11.9. The summed E-state index contributed by atoms with van der Waals surface area (Å²) in [7, 11) is 0. The molecule has 0 amide bonds. The summed E-state index contributed by atoms with van der Waals surface area (Å²) < 4.78 is 6.86. The van der Waals surface area contributed by atoms with Crippen molar-refractivity contribution in [3.63, 3.8) is 0 Å². The van der Waals surface area contributed by atoms with Crippen LogP contribution in [0.25, 0.3) is 11.2 Å². The van der Waals surface area contributed by atoms with Crippen LogP contribution < -0.4 is 5.32 Å². The Bertz CT molecular complexity index is 679. The van der Waals surface area contributed by atoms with Gasteiger partial charge in [-0.3, -0.25) is 4.57 Å². The predicted octanol–water partition coefficient (Wildman–Crippen LogP) is -2.84. The smallest absolute Gasteiger partial charge is 0.169 e. The van der Waals surface area contributed by atoms with Crippen LogP contribution in [0.2, 0.25) is 0 Å². The van der Waals surface area contributed by atoms with E-state index < -0.39 is 37.4 Å². The highest BCUT2D eigenvalue weighted by Crippen LogP contribution is 2.31. The Morgan fingerprint density at radius 3 is 2.65 bits per heavy atom. The first kappa shape index (κ1) is 16.0. The van der Waals surface area contributed by atoms with E-state index in [1.54, 1.807) is 0 Å². The molecule has 0 bridgehead atoms. The molecule has 1 aliphatic heterocycles. The summed E-state index contributed by atoms with van der Waals surface area (Å²) in [5.41, 5.74) is 0.663. The van der Waals surface area contributed by atoms with Gasteiger partial charge in [0.2, 0.25) is 0 Å². The first-order valence-corrected chi connectivity index (χ1v) is 6.93. The highest BCUT2D eigenvalue weighted by atomic mass is 16.6. The monoisotopic (exact) mass is 327 g/mol. The van der Waals surface area contributed by atoms with Gasteiger partial charge in [0.05, 0.1) is 19.5 Å². The number of rotatable bonds is 5. The zero-order chi connectivity index (χ0) is 16.6. The number of ether oxygens (including phenoxy) is 1. The number of aliphatic hydroxyl groups excluding tert-OH is 4. The minimum absolute atomic E-state index is 0.146. The quantitative estimate of drug-likeness (QED) is 0.315. The van der Waals surface area contributed by atoms with Crippen molar-refractivity contribution in [1.82, 2.24) is 19.5 Å². The zero-order valence-electron chi connectivity index (χ0n) is 11.9. The van der Waals surface area contributed by atoms with Crippen molar-refractivity contribution in [1.29, 1.82) is 0 Å². The molecule has 2 aromatic heterocycles. The molecule has 3 rings (SSSR count). The van der Waals surface area contributed by atoms with Gasteiger partial charge in [0.25, 0.3) is 0 Å². The minimum Gasteiger partial charge on any atom is -0.394 e. The fourth-order valence-electron chi connectivity index (χ4n) is 2.47. The molecule has 1 saturated heterocycles. The largest absolute Gasteiger partial charge is 0.394 e. The third-order valence-electron chi connectivity index (χ3n) is 3.60. The van der Waals surface area contributed by atoms with Gasteiger partial charge in [-0.15, -0.1) is 0 Å². The highest BCUT2D eigenvalue weighted by Gasteiger charge is 2.44. The molecule has 0 aliphatic carbocycles. The second kappa shape index (κ2) is 6.31. The molecule has 126 valence electrons. The van der Waals surface area contributed by atoms with E-state index in [0.717, 1.165) is 0 Å². The molecule has 1 aliphatic rings. The van der Waals surface area contributed by atoms with Crippen molar-refractivity contribution in [3.8, 4) is 0 Å². The van der Waals surface area contributed by atoms with Crippen LogP contribution in [0.3, 0.4) is 0 Å². The molecule has 4 atom stereocenters. The van der Waals surface area contributed by atoms with Crippen LogP contribution in [0, 0.1) is 0 Å². The number of nitrogens with one attached hydrogen (secondary N) is 1. The molecule has 0 unspecified atom stereocenters. The van der Waals surface area contributed by atoms with Crippen molar-refractivity contribution < 1.29 is 30.3 Å². The fourth-order valence-corrected chi connectivity index (χ4v) is 2.47. The lowest BCUT2D eigenvalue weighted by Crippen LogP contribution is -2.33. The topological polar surface area (TPSA) is 166 Å². The van der Waals surface area contributed by atoms with Crippen molar-refractivity contribution in [2.24, 2.45) is 0 Å². The molecular formula is C12H17N5O6. The van der Waals surface area contributed by atoms with Crippen molar-refractivity contribution in [2.45, 2.75) is 30.8 Å². The van der Waals surface area contributed by atoms with E-state index in [1.807, 2.05) is 0 Å². The highest BCUT2D eigenvalue weighted by molar-refractivity contribution is 5.82. The SMILES string of the molecule is OC[C@H]1O[C@@H](n2cnc3c(NCC(O)O)ncnc32)[C@H](O)[C@@H]1O. The average Bonchev–Trinajstić information content (AvgIpc) is 3.08. The Morgan fingerprint density at radius 2 is 2.00 bits per heavy atom. The molecule has 0 spiro atoms. The summed E-state index contributed by atoms with van der Waals surface area (Å²) in [5, 5.41) is 49.6. The summed E-state index contributed by atoms with van der Waals surface area (Å²) in [5.74, 6) is 0.286. The maximum atomic E-state index is 10.1. The van der Waals surface area contributed by atoms with E-state index in [2.05, 4.69) is 20.3 Å². The molecule has 11 nitrogen and oxygen atoms in total. The van der Waals surface area contributed by atoms with Crippen molar-refractivity contribution >= 4 is 17.0 Å². The lowest BCUT2D eigenvalue weighted by molar-refractivity contribution is -0.0511. The number of aromatic nitrogens is 4. The second-order valence-electron chi connectivity index (χ2n) is 5.14. The first-order chi connectivity index (χ1) is 11.0. The Morgan fingerprint density at radius 1 is 1.22 bits per heavy atom. The third kappa shape index (κ3) is 2.85. The van der Waals surface area contributed by atoms with Crippen LogP contribution >= 0.6 is 0 Å². The Labute approximate surface area is 129 Å². The molecule has 1 fully saturated rings. The fraction of sp³-hybridized carbons (Fsp3) is 0.583. The van der Waals surface area contributed by atoms with E-state index in [9.17, 15) is 10.2 Å². The van der Waals surface area contributed by atoms with Crippen LogP contribution in [0.4, 0.5) is 5.82 Å². The van der Waals surface area contributed by atoms with Gasteiger partial charge in [0.1, 0.15) is 24.6 Å². The molecule has 3 heterocycles. The molecular weight excluding hydrogens is 310 g/mol. The Kier molecular flexibility index (Phi) is 4.39. The summed E-state index contributed by atoms with van der Waals surface area (Å²) in [6.07, 6.45) is -3.30. The van der Waals surface area contributed by atoms with E-state index >= 15 is 0 Å². The van der Waals surface area contributed by atoms with Gasteiger partial charge < -0.3 is 35.6 Å². The van der Waals surface area contributed by atoms with Crippen LogP contribution in [0.5, 0.6) is 0 Å². The van der Waals surface area contributed by atoms with Gasteiger partial charge in [0.15, 0.2) is 29.5 Å². The van der Waals surface area contributed by atoms with Crippen molar-refractivity contribution in [3.05, 3.63) is 12.7 Å². The van der Waals surface area contributed by atoms with Crippen LogP contribution in [0.1, 0.15) is 6.23 Å². The molecule has 0 radical (unpaired) electrons. The Hall–Kier alpha value is -1.89. The number of fused-ring (bicyclic) bond motifs is 1. The van der Waals surface area contributed by atoms with Gasteiger partial charge in [-0.1, -0.05) is 0 Å². The van der Waals surface area contributed by atoms with Crippen LogP contribution in [0.15, 0.2) is 12.7 Å². The van der Waals surface area contributed by atoms with Gasteiger partial charge >= 0.3 is 0 Å². The summed E-state index contributed by atoms with van der Waals surface area (Å²) >= 11 is 0. The summed E-state index contributed by atoms with van der Waals surface area (Å²) in [6.45, 7) is -0.579. The maximum absolute atomic E-state index is 10.1. The summed E-state index contributed by atoms with van der Waals surface area (Å²) in [4.78, 5) is 12.2. The third-order valence-corrected chi connectivity index (χ3v) is 3.60. The maximum Gasteiger partial charge on any atom is 0.169 e. The number of hydrogen-bond donors (Lipinski definition) is 6. The molecule has 11 heteroatoms. The van der Waals surface area contributed by atoms with Gasteiger partial charge in [-0.2, -0.15) is 0 Å². The van der Waals surface area contributed by atoms with Crippen LogP contribution in [-0.2, 0) is 4.74 Å². The lowest BCUT2D eigenvalue weighted by Gasteiger charge is -2.16. The first-order valence-electron chi connectivity index (χ1n) is 6.93. The number of aliphatic hydroxyl groups is 5. The number of nitrogens with zero attached hydrogens (tertiary/aromatic N) is 4. The molecule has 2 aromatic rings. The summed E-state index contributed by atoms with van der Waals surface area (Å²) in [6, 6.07) is 0. The lowest BCUT2D eigenvalue weighted by atomic mass is 10.1. The van der Waals surface area contributed by atoms with Crippen LogP contribution in [-0.4, -0.2) is 82.8 Å². The van der Waals surface area contributed by atoms with E-state index in [0.29, 0.717) is 11.2 Å². The van der Waals surface area contributed by atoms with Gasteiger partial charge in [-0.05, 0) is 0 Å². The average molecular weight is 327 g/mol. The number of imidazole rings is 1. The normalized spacial score (nSPS) is 27.9. The van der Waals surface area contributed by atoms with E-state index in [-0.39, 0.29) is 12.4 Å².